The topological polar surface area (TPSA) is 15.3 Å². The first-order valence-electron chi connectivity index (χ1n) is 6.83. The van der Waals surface area contributed by atoms with Crippen LogP contribution in [-0.2, 0) is 6.54 Å². The Morgan fingerprint density at radius 2 is 2.17 bits per heavy atom. The molecule has 0 saturated carbocycles. The molecule has 1 aromatic carbocycles. The Labute approximate surface area is 119 Å². The molecular formula is C15H23BrN2. The summed E-state index contributed by atoms with van der Waals surface area (Å²) in [6, 6.07) is 7.40. The third-order valence-electron chi connectivity index (χ3n) is 3.82. The fourth-order valence-electron chi connectivity index (χ4n) is 2.66. The molecule has 0 amide bonds. The van der Waals surface area contributed by atoms with Crippen LogP contribution in [0.3, 0.4) is 0 Å². The van der Waals surface area contributed by atoms with Crippen LogP contribution < -0.4 is 5.32 Å². The molecule has 1 aromatic rings. The lowest BCUT2D eigenvalue weighted by Gasteiger charge is -2.27. The van der Waals surface area contributed by atoms with E-state index < -0.39 is 0 Å². The average Bonchev–Trinajstić information content (AvgIpc) is 2.62. The summed E-state index contributed by atoms with van der Waals surface area (Å²) in [6.07, 6.45) is 3.89. The van der Waals surface area contributed by atoms with Gasteiger partial charge >= 0.3 is 0 Å². The zero-order valence-corrected chi connectivity index (χ0v) is 13.0. The van der Waals surface area contributed by atoms with E-state index in [1.807, 2.05) is 0 Å². The average molecular weight is 311 g/mol. The standard InChI is InChI=1S/C15H23BrN2/c1-12-10-13(5-6-15(12)16)11-18(2)14-4-3-8-17-9-7-14/h5-6,10,14,17H,3-4,7-9,11H2,1-2H3. The molecule has 1 unspecified atom stereocenters. The van der Waals surface area contributed by atoms with E-state index in [1.165, 1.54) is 41.4 Å². The molecule has 0 radical (unpaired) electrons. The number of halogens is 1. The Bertz CT molecular complexity index is 384. The highest BCUT2D eigenvalue weighted by molar-refractivity contribution is 9.10. The summed E-state index contributed by atoms with van der Waals surface area (Å²) >= 11 is 3.56. The van der Waals surface area contributed by atoms with Gasteiger partial charge in [0.25, 0.3) is 0 Å². The maximum absolute atomic E-state index is 3.56. The van der Waals surface area contributed by atoms with Gasteiger partial charge in [-0.15, -0.1) is 0 Å². The lowest BCUT2D eigenvalue weighted by Crippen LogP contribution is -2.32. The first kappa shape index (κ1) is 14.0. The van der Waals surface area contributed by atoms with Crippen molar-refractivity contribution in [3.05, 3.63) is 33.8 Å². The molecule has 1 saturated heterocycles. The van der Waals surface area contributed by atoms with Gasteiger partial charge in [-0.1, -0.05) is 28.1 Å². The molecule has 1 aliphatic heterocycles. The number of aryl methyl sites for hydroxylation is 1. The van der Waals surface area contributed by atoms with Crippen molar-refractivity contribution in [2.75, 3.05) is 20.1 Å². The summed E-state index contributed by atoms with van der Waals surface area (Å²) in [5.41, 5.74) is 2.74. The first-order chi connectivity index (χ1) is 8.66. The van der Waals surface area contributed by atoms with Crippen LogP contribution in [0.2, 0.25) is 0 Å². The number of rotatable bonds is 3. The second kappa shape index (κ2) is 6.69. The van der Waals surface area contributed by atoms with E-state index >= 15 is 0 Å². The van der Waals surface area contributed by atoms with E-state index in [9.17, 15) is 0 Å². The van der Waals surface area contributed by atoms with Crippen LogP contribution in [0.15, 0.2) is 22.7 Å². The molecule has 1 fully saturated rings. The van der Waals surface area contributed by atoms with Crippen molar-refractivity contribution in [1.29, 1.82) is 0 Å². The van der Waals surface area contributed by atoms with Crippen LogP contribution in [0, 0.1) is 6.92 Å². The Morgan fingerprint density at radius 3 is 2.94 bits per heavy atom. The molecule has 0 spiro atoms. The second-order valence-electron chi connectivity index (χ2n) is 5.33. The van der Waals surface area contributed by atoms with Crippen molar-refractivity contribution in [3.63, 3.8) is 0 Å². The van der Waals surface area contributed by atoms with Gasteiger partial charge in [0, 0.05) is 17.1 Å². The molecule has 2 nitrogen and oxygen atoms in total. The molecule has 0 aromatic heterocycles. The van der Waals surface area contributed by atoms with Gasteiger partial charge in [0.15, 0.2) is 0 Å². The lowest BCUT2D eigenvalue weighted by atomic mass is 10.1. The summed E-state index contributed by atoms with van der Waals surface area (Å²) in [5.74, 6) is 0. The number of nitrogens with one attached hydrogen (secondary N) is 1. The third-order valence-corrected chi connectivity index (χ3v) is 4.71. The molecule has 2 rings (SSSR count). The van der Waals surface area contributed by atoms with Crippen molar-refractivity contribution < 1.29 is 0 Å². The summed E-state index contributed by atoms with van der Waals surface area (Å²) in [4.78, 5) is 2.51. The highest BCUT2D eigenvalue weighted by atomic mass is 79.9. The normalized spacial score (nSPS) is 21.0. The minimum absolute atomic E-state index is 0.726. The molecule has 1 heterocycles. The summed E-state index contributed by atoms with van der Waals surface area (Å²) in [7, 11) is 2.26. The first-order valence-corrected chi connectivity index (χ1v) is 7.62. The van der Waals surface area contributed by atoms with Crippen molar-refractivity contribution in [1.82, 2.24) is 10.2 Å². The molecule has 0 bridgehead atoms. The van der Waals surface area contributed by atoms with Crippen LogP contribution in [0.5, 0.6) is 0 Å². The number of nitrogens with zero attached hydrogens (tertiary/aromatic N) is 1. The van der Waals surface area contributed by atoms with Gasteiger partial charge in [0.05, 0.1) is 0 Å². The molecular weight excluding hydrogens is 288 g/mol. The van der Waals surface area contributed by atoms with E-state index in [0.29, 0.717) is 0 Å². The summed E-state index contributed by atoms with van der Waals surface area (Å²) < 4.78 is 1.20. The van der Waals surface area contributed by atoms with Crippen molar-refractivity contribution >= 4 is 15.9 Å². The van der Waals surface area contributed by atoms with Crippen molar-refractivity contribution in [3.8, 4) is 0 Å². The number of hydrogen-bond acceptors (Lipinski definition) is 2. The Balaban J connectivity index is 1.96. The van der Waals surface area contributed by atoms with E-state index in [1.54, 1.807) is 0 Å². The van der Waals surface area contributed by atoms with Gasteiger partial charge in [0.1, 0.15) is 0 Å². The largest absolute Gasteiger partial charge is 0.317 e. The molecule has 0 aliphatic carbocycles. The lowest BCUT2D eigenvalue weighted by molar-refractivity contribution is 0.216. The van der Waals surface area contributed by atoms with Crippen LogP contribution in [0.4, 0.5) is 0 Å². The van der Waals surface area contributed by atoms with Gasteiger partial charge in [0.2, 0.25) is 0 Å². The number of benzene rings is 1. The van der Waals surface area contributed by atoms with E-state index in [2.05, 4.69) is 58.3 Å². The van der Waals surface area contributed by atoms with Crippen LogP contribution in [0.1, 0.15) is 30.4 Å². The highest BCUT2D eigenvalue weighted by Crippen LogP contribution is 2.20. The second-order valence-corrected chi connectivity index (χ2v) is 6.19. The Hall–Kier alpha value is -0.380. The smallest absolute Gasteiger partial charge is 0.0233 e. The van der Waals surface area contributed by atoms with Crippen molar-refractivity contribution in [2.45, 2.75) is 38.8 Å². The van der Waals surface area contributed by atoms with E-state index in [4.69, 9.17) is 0 Å². The zero-order valence-electron chi connectivity index (χ0n) is 11.4. The Kier molecular flexibility index (Phi) is 5.22. The van der Waals surface area contributed by atoms with Crippen LogP contribution in [-0.4, -0.2) is 31.1 Å². The van der Waals surface area contributed by atoms with Gasteiger partial charge in [-0.3, -0.25) is 4.90 Å². The maximum Gasteiger partial charge on any atom is 0.0233 e. The molecule has 1 atom stereocenters. The predicted molar refractivity (Wildman–Crippen MR) is 80.9 cm³/mol. The molecule has 3 heteroatoms. The van der Waals surface area contributed by atoms with Crippen molar-refractivity contribution in [2.24, 2.45) is 0 Å². The summed E-state index contributed by atoms with van der Waals surface area (Å²) in [6.45, 7) is 5.55. The fourth-order valence-corrected chi connectivity index (χ4v) is 2.91. The van der Waals surface area contributed by atoms with Crippen LogP contribution >= 0.6 is 15.9 Å². The van der Waals surface area contributed by atoms with Gasteiger partial charge in [-0.05, 0) is 63.5 Å². The highest BCUT2D eigenvalue weighted by Gasteiger charge is 2.16. The molecule has 18 heavy (non-hydrogen) atoms. The fraction of sp³-hybridized carbons (Fsp3) is 0.600. The zero-order chi connectivity index (χ0) is 13.0. The molecule has 1 aliphatic rings. The predicted octanol–water partition coefficient (Wildman–Crippen LogP) is 3.33. The number of hydrogen-bond donors (Lipinski definition) is 1. The molecule has 1 N–H and O–H groups in total. The minimum Gasteiger partial charge on any atom is -0.317 e. The van der Waals surface area contributed by atoms with E-state index in [-0.39, 0.29) is 0 Å². The van der Waals surface area contributed by atoms with Gasteiger partial charge in [-0.25, -0.2) is 0 Å². The quantitative estimate of drug-likeness (QED) is 0.921. The summed E-state index contributed by atoms with van der Waals surface area (Å²) in [5, 5.41) is 3.48. The van der Waals surface area contributed by atoms with Crippen LogP contribution in [0.25, 0.3) is 0 Å². The van der Waals surface area contributed by atoms with E-state index in [0.717, 1.165) is 19.1 Å². The Morgan fingerprint density at radius 1 is 1.33 bits per heavy atom. The maximum atomic E-state index is 3.56. The minimum atomic E-state index is 0.726. The van der Waals surface area contributed by atoms with Gasteiger partial charge in [-0.2, -0.15) is 0 Å². The third kappa shape index (κ3) is 3.81. The SMILES string of the molecule is Cc1cc(CN(C)C2CCCNCC2)ccc1Br. The monoisotopic (exact) mass is 310 g/mol. The molecule has 100 valence electrons. The van der Waals surface area contributed by atoms with Gasteiger partial charge < -0.3 is 5.32 Å².